The lowest BCUT2D eigenvalue weighted by Crippen LogP contribution is -2.48. The quantitative estimate of drug-likeness (QED) is 0.662. The molecular weight excluding hydrogens is 370 g/mol. The smallest absolute Gasteiger partial charge is 0.222 e. The molecule has 3 rings (SSSR count). The van der Waals surface area contributed by atoms with E-state index in [2.05, 4.69) is 24.1 Å². The Hall–Kier alpha value is -1.92. The van der Waals surface area contributed by atoms with E-state index in [0.717, 1.165) is 67.6 Å². The summed E-state index contributed by atoms with van der Waals surface area (Å²) in [5, 5.41) is 3.18. The Bertz CT molecular complexity index is 751. The first-order chi connectivity index (χ1) is 13.6. The Balaban J connectivity index is 1.48. The number of carbonyl (C=O) groups is 1. The van der Waals surface area contributed by atoms with Gasteiger partial charge in [0.15, 0.2) is 0 Å². The minimum absolute atomic E-state index is 0.316. The number of rotatable bonds is 8. The van der Waals surface area contributed by atoms with Gasteiger partial charge in [-0.2, -0.15) is 0 Å². The number of benzene rings is 1. The fraction of sp³-hybridized carbons (Fsp3) is 0.545. The van der Waals surface area contributed by atoms with Crippen LogP contribution in [0.25, 0.3) is 10.6 Å². The third-order valence-electron chi connectivity index (χ3n) is 5.30. The zero-order valence-corrected chi connectivity index (χ0v) is 18.0. The molecule has 0 aliphatic carbocycles. The van der Waals surface area contributed by atoms with Crippen molar-refractivity contribution >= 4 is 17.2 Å². The summed E-state index contributed by atoms with van der Waals surface area (Å²) in [6.07, 6.45) is 2.96. The molecule has 0 bridgehead atoms. The van der Waals surface area contributed by atoms with E-state index in [-0.39, 0.29) is 0 Å². The molecule has 1 unspecified atom stereocenters. The van der Waals surface area contributed by atoms with Gasteiger partial charge in [0.1, 0.15) is 10.8 Å². The van der Waals surface area contributed by atoms with Gasteiger partial charge in [-0.3, -0.25) is 9.69 Å². The maximum absolute atomic E-state index is 12.4. The number of amides is 1. The van der Waals surface area contributed by atoms with Crippen molar-refractivity contribution in [2.45, 2.75) is 39.7 Å². The number of thiazole rings is 1. The third-order valence-corrected chi connectivity index (χ3v) is 6.24. The number of nitrogens with zero attached hydrogens (tertiary/aromatic N) is 3. The van der Waals surface area contributed by atoms with Crippen LogP contribution in [-0.2, 0) is 11.3 Å². The Morgan fingerprint density at radius 1 is 1.21 bits per heavy atom. The summed E-state index contributed by atoms with van der Waals surface area (Å²) in [7, 11) is 1.68. The highest BCUT2D eigenvalue weighted by atomic mass is 32.1. The van der Waals surface area contributed by atoms with Gasteiger partial charge in [0.2, 0.25) is 5.91 Å². The first-order valence-corrected chi connectivity index (χ1v) is 11.1. The monoisotopic (exact) mass is 401 g/mol. The molecule has 1 aromatic carbocycles. The Morgan fingerprint density at radius 2 is 1.93 bits per heavy atom. The molecule has 1 atom stereocenters. The largest absolute Gasteiger partial charge is 0.497 e. The molecule has 1 aromatic heterocycles. The molecule has 1 aliphatic heterocycles. The highest BCUT2D eigenvalue weighted by Crippen LogP contribution is 2.26. The summed E-state index contributed by atoms with van der Waals surface area (Å²) in [6, 6.07) is 8.03. The van der Waals surface area contributed by atoms with Crippen LogP contribution in [0.5, 0.6) is 5.75 Å². The molecular formula is C22H31N3O2S. The van der Waals surface area contributed by atoms with Crippen LogP contribution in [0.15, 0.2) is 29.6 Å². The number of piperazine rings is 1. The topological polar surface area (TPSA) is 45.7 Å². The number of methoxy groups -OCH3 is 1. The highest BCUT2D eigenvalue weighted by Gasteiger charge is 2.22. The van der Waals surface area contributed by atoms with Crippen LogP contribution in [0.2, 0.25) is 0 Å². The van der Waals surface area contributed by atoms with Crippen molar-refractivity contribution in [2.75, 3.05) is 33.3 Å². The lowest BCUT2D eigenvalue weighted by molar-refractivity contribution is -0.134. The molecule has 1 amide bonds. The Labute approximate surface area is 172 Å². The summed E-state index contributed by atoms with van der Waals surface area (Å²) in [4.78, 5) is 21.7. The van der Waals surface area contributed by atoms with E-state index in [4.69, 9.17) is 9.72 Å². The van der Waals surface area contributed by atoms with E-state index < -0.39 is 0 Å². The summed E-state index contributed by atoms with van der Waals surface area (Å²) in [5.74, 6) is 1.66. The van der Waals surface area contributed by atoms with Gasteiger partial charge in [-0.1, -0.05) is 26.7 Å². The Morgan fingerprint density at radius 3 is 2.57 bits per heavy atom. The second-order valence-corrected chi connectivity index (χ2v) is 8.49. The van der Waals surface area contributed by atoms with E-state index in [1.54, 1.807) is 18.4 Å². The average Bonchev–Trinajstić information content (AvgIpc) is 3.17. The standard InChI is InChI=1S/C22H31N3O2S/c1-4-5-17(2)14-21(26)25-12-10-24(11-13-25)15-19-16-28-22(23-19)18-6-8-20(27-3)9-7-18/h6-9,16-17H,4-5,10-15H2,1-3H3. The van der Waals surface area contributed by atoms with Crippen molar-refractivity contribution in [3.05, 3.63) is 35.3 Å². The highest BCUT2D eigenvalue weighted by molar-refractivity contribution is 7.13. The van der Waals surface area contributed by atoms with E-state index in [0.29, 0.717) is 18.2 Å². The normalized spacial score (nSPS) is 16.2. The number of carbonyl (C=O) groups excluding carboxylic acids is 1. The number of aromatic nitrogens is 1. The average molecular weight is 402 g/mol. The van der Waals surface area contributed by atoms with Crippen LogP contribution in [0, 0.1) is 5.92 Å². The predicted molar refractivity (Wildman–Crippen MR) is 115 cm³/mol. The van der Waals surface area contributed by atoms with Crippen LogP contribution >= 0.6 is 11.3 Å². The second kappa shape index (κ2) is 10.0. The van der Waals surface area contributed by atoms with Gasteiger partial charge in [0, 0.05) is 50.1 Å². The van der Waals surface area contributed by atoms with Gasteiger partial charge in [-0.15, -0.1) is 11.3 Å². The summed E-state index contributed by atoms with van der Waals surface area (Å²) in [5.41, 5.74) is 2.22. The molecule has 2 aromatic rings. The molecule has 0 saturated carbocycles. The van der Waals surface area contributed by atoms with Crippen molar-refractivity contribution < 1.29 is 9.53 Å². The zero-order chi connectivity index (χ0) is 19.9. The molecule has 6 heteroatoms. The van der Waals surface area contributed by atoms with Crippen molar-refractivity contribution in [2.24, 2.45) is 5.92 Å². The summed E-state index contributed by atoms with van der Waals surface area (Å²) >= 11 is 1.68. The third kappa shape index (κ3) is 5.55. The predicted octanol–water partition coefficient (Wildman–Crippen LogP) is 4.29. The first kappa shape index (κ1) is 20.8. The number of hydrogen-bond donors (Lipinski definition) is 0. The van der Waals surface area contributed by atoms with Crippen LogP contribution in [-0.4, -0.2) is 54.0 Å². The first-order valence-electron chi connectivity index (χ1n) is 10.2. The fourth-order valence-corrected chi connectivity index (χ4v) is 4.47. The van der Waals surface area contributed by atoms with Gasteiger partial charge in [0.05, 0.1) is 12.8 Å². The van der Waals surface area contributed by atoms with Gasteiger partial charge in [0.25, 0.3) is 0 Å². The van der Waals surface area contributed by atoms with Gasteiger partial charge < -0.3 is 9.64 Å². The molecule has 1 saturated heterocycles. The fourth-order valence-electron chi connectivity index (χ4n) is 3.65. The zero-order valence-electron chi connectivity index (χ0n) is 17.2. The molecule has 2 heterocycles. The van der Waals surface area contributed by atoms with Gasteiger partial charge in [-0.25, -0.2) is 4.98 Å². The number of ether oxygens (including phenoxy) is 1. The van der Waals surface area contributed by atoms with Crippen LogP contribution < -0.4 is 4.74 Å². The lowest BCUT2D eigenvalue weighted by atomic mass is 10.0. The second-order valence-electron chi connectivity index (χ2n) is 7.63. The molecule has 152 valence electrons. The van der Waals surface area contributed by atoms with E-state index in [1.807, 2.05) is 29.2 Å². The maximum Gasteiger partial charge on any atom is 0.222 e. The van der Waals surface area contributed by atoms with Crippen LogP contribution in [0.1, 0.15) is 38.8 Å². The Kier molecular flexibility index (Phi) is 7.45. The molecule has 28 heavy (non-hydrogen) atoms. The molecule has 0 spiro atoms. The molecule has 5 nitrogen and oxygen atoms in total. The SMILES string of the molecule is CCCC(C)CC(=O)N1CCN(Cc2csc(-c3ccc(OC)cc3)n2)CC1. The van der Waals surface area contributed by atoms with Crippen molar-refractivity contribution in [3.8, 4) is 16.3 Å². The maximum atomic E-state index is 12.4. The summed E-state index contributed by atoms with van der Waals surface area (Å²) in [6.45, 7) is 8.70. The van der Waals surface area contributed by atoms with Crippen molar-refractivity contribution in [1.29, 1.82) is 0 Å². The number of hydrogen-bond acceptors (Lipinski definition) is 5. The molecule has 0 N–H and O–H groups in total. The minimum atomic E-state index is 0.316. The van der Waals surface area contributed by atoms with Gasteiger partial charge >= 0.3 is 0 Å². The van der Waals surface area contributed by atoms with Crippen LogP contribution in [0.3, 0.4) is 0 Å². The van der Waals surface area contributed by atoms with E-state index in [1.165, 1.54) is 0 Å². The molecule has 1 fully saturated rings. The van der Waals surface area contributed by atoms with Crippen molar-refractivity contribution in [1.82, 2.24) is 14.8 Å². The molecule has 0 radical (unpaired) electrons. The van der Waals surface area contributed by atoms with Gasteiger partial charge in [-0.05, 0) is 30.2 Å². The minimum Gasteiger partial charge on any atom is -0.497 e. The summed E-state index contributed by atoms with van der Waals surface area (Å²) < 4.78 is 5.22. The molecule has 1 aliphatic rings. The van der Waals surface area contributed by atoms with Crippen molar-refractivity contribution in [3.63, 3.8) is 0 Å². The van der Waals surface area contributed by atoms with E-state index >= 15 is 0 Å². The van der Waals surface area contributed by atoms with Crippen LogP contribution in [0.4, 0.5) is 0 Å². The van der Waals surface area contributed by atoms with E-state index in [9.17, 15) is 4.79 Å². The lowest BCUT2D eigenvalue weighted by Gasteiger charge is -2.34.